The number of aromatic nitrogens is 2. The van der Waals surface area contributed by atoms with Gasteiger partial charge in [0.1, 0.15) is 0 Å². The molecule has 4 heteroatoms. The topological polar surface area (TPSA) is 29.0 Å². The summed E-state index contributed by atoms with van der Waals surface area (Å²) >= 11 is 1.83. The molecule has 40 heavy (non-hydrogen) atoms. The fraction of sp³-hybridized carbons (Fsp3) is 0. The molecule has 0 saturated carbocycles. The molecule has 1 aliphatic heterocycles. The summed E-state index contributed by atoms with van der Waals surface area (Å²) < 4.78 is 0. The van der Waals surface area contributed by atoms with Gasteiger partial charge in [-0.1, -0.05) is 90.6 Å². The van der Waals surface area contributed by atoms with Crippen LogP contribution in [0.1, 0.15) is 0 Å². The zero-order valence-electron chi connectivity index (χ0n) is 21.5. The number of para-hydroxylation sites is 2. The molecular weight excluding hydrogens is 506 g/mol. The van der Waals surface area contributed by atoms with E-state index >= 15 is 0 Å². The van der Waals surface area contributed by atoms with Crippen molar-refractivity contribution in [3.05, 3.63) is 140 Å². The average Bonchev–Trinajstić information content (AvgIpc) is 3.03. The molecule has 0 saturated heterocycles. The van der Waals surface area contributed by atoms with Crippen LogP contribution in [-0.2, 0) is 0 Å². The van der Waals surface area contributed by atoms with E-state index in [0.29, 0.717) is 0 Å². The Morgan fingerprint density at radius 3 is 1.52 bits per heavy atom. The van der Waals surface area contributed by atoms with Crippen molar-refractivity contribution in [3.63, 3.8) is 0 Å². The molecule has 0 unspecified atom stereocenters. The van der Waals surface area contributed by atoms with Crippen LogP contribution >= 0.6 is 11.8 Å². The minimum Gasteiger partial charge on any atom is -0.308 e. The predicted octanol–water partition coefficient (Wildman–Crippen LogP) is 10.1. The van der Waals surface area contributed by atoms with Crippen LogP contribution in [-0.4, -0.2) is 9.97 Å². The lowest BCUT2D eigenvalue weighted by Crippen LogP contribution is -2.14. The second kappa shape index (κ2) is 9.37. The highest BCUT2D eigenvalue weighted by Gasteiger charge is 2.24. The van der Waals surface area contributed by atoms with Gasteiger partial charge in [-0.15, -0.1) is 0 Å². The van der Waals surface area contributed by atoms with Gasteiger partial charge in [-0.3, -0.25) is 9.97 Å². The molecular formula is C36H23N3S. The van der Waals surface area contributed by atoms with Crippen molar-refractivity contribution < 1.29 is 0 Å². The number of hydrogen-bond acceptors (Lipinski definition) is 4. The number of pyridine rings is 2. The van der Waals surface area contributed by atoms with E-state index in [2.05, 4.69) is 126 Å². The molecule has 0 atom stereocenters. The van der Waals surface area contributed by atoms with E-state index in [1.807, 2.05) is 30.2 Å². The Labute approximate surface area is 236 Å². The van der Waals surface area contributed by atoms with Crippen molar-refractivity contribution in [2.45, 2.75) is 9.79 Å². The molecule has 188 valence electrons. The number of anilines is 3. The van der Waals surface area contributed by atoms with Gasteiger partial charge in [0.05, 0.1) is 22.4 Å². The largest absolute Gasteiger partial charge is 0.308 e. The Morgan fingerprint density at radius 1 is 0.450 bits per heavy atom. The molecule has 1 aliphatic rings. The fourth-order valence-electron chi connectivity index (χ4n) is 5.72. The summed E-state index contributed by atoms with van der Waals surface area (Å²) in [4.78, 5) is 14.5. The van der Waals surface area contributed by atoms with Crippen molar-refractivity contribution >= 4 is 50.6 Å². The molecule has 0 N–H and O–H groups in total. The molecule has 0 amide bonds. The summed E-state index contributed by atoms with van der Waals surface area (Å²) in [7, 11) is 0. The first kappa shape index (κ1) is 23.0. The molecule has 0 fully saturated rings. The number of fused-ring (bicyclic) bond motifs is 5. The molecule has 0 bridgehead atoms. The van der Waals surface area contributed by atoms with E-state index in [4.69, 9.17) is 9.97 Å². The Hall–Kier alpha value is -4.93. The molecule has 8 rings (SSSR count). The maximum atomic E-state index is 4.80. The summed E-state index contributed by atoms with van der Waals surface area (Å²) in [5.74, 6) is 0. The van der Waals surface area contributed by atoms with Gasteiger partial charge in [0, 0.05) is 38.6 Å². The van der Waals surface area contributed by atoms with E-state index in [-0.39, 0.29) is 0 Å². The first-order chi connectivity index (χ1) is 19.8. The summed E-state index contributed by atoms with van der Waals surface area (Å²) in [5, 5.41) is 2.21. The van der Waals surface area contributed by atoms with Gasteiger partial charge >= 0.3 is 0 Å². The van der Waals surface area contributed by atoms with Gasteiger partial charge in [0.2, 0.25) is 0 Å². The predicted molar refractivity (Wildman–Crippen MR) is 167 cm³/mol. The van der Waals surface area contributed by atoms with Crippen LogP contribution in [0, 0.1) is 0 Å². The van der Waals surface area contributed by atoms with Crippen LogP contribution in [0.5, 0.6) is 0 Å². The first-order valence-corrected chi connectivity index (χ1v) is 14.2. The highest BCUT2D eigenvalue weighted by Crippen LogP contribution is 2.51. The number of nitrogens with zero attached hydrogens (tertiary/aromatic N) is 3. The highest BCUT2D eigenvalue weighted by atomic mass is 32.2. The first-order valence-electron chi connectivity index (χ1n) is 13.3. The van der Waals surface area contributed by atoms with Gasteiger partial charge in [-0.25, -0.2) is 0 Å². The minimum atomic E-state index is 0.924. The molecule has 3 heterocycles. The van der Waals surface area contributed by atoms with E-state index < -0.39 is 0 Å². The van der Waals surface area contributed by atoms with Gasteiger partial charge < -0.3 is 4.90 Å². The molecule has 0 aliphatic carbocycles. The van der Waals surface area contributed by atoms with Crippen LogP contribution in [0.4, 0.5) is 17.1 Å². The number of benzene rings is 5. The zero-order valence-corrected chi connectivity index (χ0v) is 22.3. The van der Waals surface area contributed by atoms with Crippen molar-refractivity contribution in [3.8, 4) is 22.3 Å². The van der Waals surface area contributed by atoms with Crippen LogP contribution in [0.15, 0.2) is 150 Å². The molecule has 5 aromatic carbocycles. The lowest BCUT2D eigenvalue weighted by atomic mass is 9.96. The van der Waals surface area contributed by atoms with E-state index in [9.17, 15) is 0 Å². The maximum absolute atomic E-state index is 4.80. The van der Waals surface area contributed by atoms with Crippen molar-refractivity contribution in [2.75, 3.05) is 4.90 Å². The van der Waals surface area contributed by atoms with Crippen molar-refractivity contribution in [2.24, 2.45) is 0 Å². The van der Waals surface area contributed by atoms with Crippen LogP contribution in [0.25, 0.3) is 44.1 Å². The van der Waals surface area contributed by atoms with Crippen molar-refractivity contribution in [1.82, 2.24) is 9.97 Å². The zero-order chi connectivity index (χ0) is 26.5. The summed E-state index contributed by atoms with van der Waals surface area (Å²) in [6.45, 7) is 0. The second-order valence-corrected chi connectivity index (χ2v) is 10.9. The minimum absolute atomic E-state index is 0.924. The average molecular weight is 530 g/mol. The Kier molecular flexibility index (Phi) is 5.39. The summed E-state index contributed by atoms with van der Waals surface area (Å²) in [6, 6.07) is 45.1. The number of hydrogen-bond donors (Lipinski definition) is 0. The SMILES string of the molecule is c1ccc(-c2ccnc3c2ccc2c(-c4ccc(N5c6ccccc6Sc6ccccc65)cc4)ccnc23)cc1. The second-order valence-electron chi connectivity index (χ2n) is 9.86. The smallest absolute Gasteiger partial charge is 0.0970 e. The lowest BCUT2D eigenvalue weighted by molar-refractivity contribution is 1.17. The van der Waals surface area contributed by atoms with E-state index in [0.717, 1.165) is 38.6 Å². The number of rotatable bonds is 3. The Morgan fingerprint density at radius 2 is 0.950 bits per heavy atom. The van der Waals surface area contributed by atoms with Gasteiger partial charge in [-0.2, -0.15) is 0 Å². The lowest BCUT2D eigenvalue weighted by Gasteiger charge is -2.32. The fourth-order valence-corrected chi connectivity index (χ4v) is 6.78. The van der Waals surface area contributed by atoms with E-state index in [1.54, 1.807) is 0 Å². The standard InChI is InChI=1S/C36H23N3S/c1-2-8-24(9-3-1)27-20-22-37-35-29(27)18-19-30-28(21-23-38-36(30)35)25-14-16-26(17-15-25)39-31-10-4-6-12-33(31)40-34-13-7-5-11-32(34)39/h1-23H. The van der Waals surface area contributed by atoms with E-state index in [1.165, 1.54) is 32.3 Å². The summed E-state index contributed by atoms with van der Waals surface area (Å²) in [6.07, 6.45) is 3.79. The third kappa shape index (κ3) is 3.69. The van der Waals surface area contributed by atoms with Crippen LogP contribution in [0.2, 0.25) is 0 Å². The molecule has 0 spiro atoms. The Bertz CT molecular complexity index is 1990. The van der Waals surface area contributed by atoms with Crippen LogP contribution in [0.3, 0.4) is 0 Å². The highest BCUT2D eigenvalue weighted by molar-refractivity contribution is 7.99. The quantitative estimate of drug-likeness (QED) is 0.213. The van der Waals surface area contributed by atoms with Gasteiger partial charge in [-0.05, 0) is 70.8 Å². The molecule has 0 radical (unpaired) electrons. The normalized spacial score (nSPS) is 12.3. The van der Waals surface area contributed by atoms with Gasteiger partial charge in [0.25, 0.3) is 0 Å². The monoisotopic (exact) mass is 529 g/mol. The molecule has 3 nitrogen and oxygen atoms in total. The van der Waals surface area contributed by atoms with Crippen molar-refractivity contribution in [1.29, 1.82) is 0 Å². The third-order valence-corrected chi connectivity index (χ3v) is 8.71. The summed E-state index contributed by atoms with van der Waals surface area (Å²) in [5.41, 5.74) is 10.1. The molecule has 7 aromatic rings. The van der Waals surface area contributed by atoms with Crippen LogP contribution < -0.4 is 4.90 Å². The van der Waals surface area contributed by atoms with Gasteiger partial charge in [0.15, 0.2) is 0 Å². The third-order valence-electron chi connectivity index (χ3n) is 7.57. The Balaban J connectivity index is 1.24. The molecule has 2 aromatic heterocycles. The maximum Gasteiger partial charge on any atom is 0.0970 e.